The molecule has 2 aliphatic heterocycles. The number of carbonyl (C=O) groups excluding carboxylic acids is 1. The molecule has 4 nitrogen and oxygen atoms in total. The molecule has 1 aromatic carbocycles. The first-order valence-corrected chi connectivity index (χ1v) is 7.50. The van der Waals surface area contributed by atoms with E-state index in [1.54, 1.807) is 0 Å². The number of anilines is 1. The lowest BCUT2D eigenvalue weighted by molar-refractivity contribution is -0.110. The summed E-state index contributed by atoms with van der Waals surface area (Å²) in [6, 6.07) is 5.74. The molecule has 0 spiro atoms. The Balaban J connectivity index is 1.88. The number of halogens is 1. The highest BCUT2D eigenvalue weighted by atomic mass is 79.9. The molecule has 2 unspecified atom stereocenters. The molecule has 2 atom stereocenters. The van der Waals surface area contributed by atoms with Crippen LogP contribution in [0.5, 0.6) is 0 Å². The molecule has 3 aliphatic rings. The van der Waals surface area contributed by atoms with Gasteiger partial charge in [-0.25, -0.2) is 0 Å². The molecule has 1 aliphatic carbocycles. The van der Waals surface area contributed by atoms with Gasteiger partial charge >= 0.3 is 0 Å². The first-order chi connectivity index (χ1) is 10.1. The third-order valence-electron chi connectivity index (χ3n) is 4.02. The summed E-state index contributed by atoms with van der Waals surface area (Å²) in [5.41, 5.74) is 3.30. The summed E-state index contributed by atoms with van der Waals surface area (Å²) in [6.07, 6.45) is 7.95. The zero-order valence-electron chi connectivity index (χ0n) is 11.0. The van der Waals surface area contributed by atoms with Gasteiger partial charge in [0.15, 0.2) is 0 Å². The average Bonchev–Trinajstić information content (AvgIpc) is 2.96. The average molecular weight is 342 g/mol. The lowest BCUT2D eigenvalue weighted by Gasteiger charge is -2.13. The molecule has 5 heteroatoms. The minimum atomic E-state index is -0.151. The minimum Gasteiger partial charge on any atom is -0.376 e. The molecule has 1 aromatic rings. The van der Waals surface area contributed by atoms with Gasteiger partial charge in [0.2, 0.25) is 0 Å². The van der Waals surface area contributed by atoms with Crippen LogP contribution in [-0.2, 0) is 4.79 Å². The highest BCUT2D eigenvalue weighted by Gasteiger charge is 2.38. The number of nitrogens with one attached hydrogen (secondary N) is 3. The van der Waals surface area contributed by atoms with Crippen molar-refractivity contribution in [2.24, 2.45) is 5.92 Å². The van der Waals surface area contributed by atoms with Crippen LogP contribution in [-0.4, -0.2) is 17.7 Å². The van der Waals surface area contributed by atoms with Crippen LogP contribution in [0.3, 0.4) is 0 Å². The van der Waals surface area contributed by atoms with E-state index in [2.05, 4.69) is 26.6 Å². The second-order valence-corrected chi connectivity index (χ2v) is 6.19. The van der Waals surface area contributed by atoms with E-state index in [-0.39, 0.29) is 17.9 Å². The summed E-state index contributed by atoms with van der Waals surface area (Å²) < 4.78 is 0.914. The van der Waals surface area contributed by atoms with Crippen LogP contribution in [0, 0.1) is 11.3 Å². The van der Waals surface area contributed by atoms with Crippen LogP contribution >= 0.6 is 15.9 Å². The van der Waals surface area contributed by atoms with E-state index in [4.69, 9.17) is 5.41 Å². The van der Waals surface area contributed by atoms with Gasteiger partial charge < -0.3 is 16.0 Å². The zero-order chi connectivity index (χ0) is 14.6. The standard InChI is InChI=1S/C16H12BrN3O/c17-8-5-6-12-10(7-8)13(16(21)20-12)15-14(18)9-3-1-2-4-11(9)19-15/h1-7,9,11,18-19H,(H,20,21)/b15-13-,18-14?. The molecule has 104 valence electrons. The van der Waals surface area contributed by atoms with Crippen LogP contribution in [0.1, 0.15) is 5.56 Å². The molecule has 0 bridgehead atoms. The number of hydrogen-bond acceptors (Lipinski definition) is 3. The van der Waals surface area contributed by atoms with Crippen molar-refractivity contribution in [1.82, 2.24) is 5.32 Å². The maximum Gasteiger partial charge on any atom is 0.258 e. The molecule has 21 heavy (non-hydrogen) atoms. The van der Waals surface area contributed by atoms with Crippen LogP contribution < -0.4 is 10.6 Å². The Labute approximate surface area is 130 Å². The monoisotopic (exact) mass is 341 g/mol. The van der Waals surface area contributed by atoms with Crippen molar-refractivity contribution in [2.45, 2.75) is 6.04 Å². The number of carbonyl (C=O) groups is 1. The molecule has 1 amide bonds. The number of hydrogen-bond donors (Lipinski definition) is 3. The Bertz CT molecular complexity index is 776. The smallest absolute Gasteiger partial charge is 0.258 e. The maximum atomic E-state index is 12.3. The Morgan fingerprint density at radius 3 is 2.81 bits per heavy atom. The van der Waals surface area contributed by atoms with E-state index in [1.807, 2.05) is 42.5 Å². The Kier molecular flexibility index (Phi) is 2.65. The Hall–Kier alpha value is -2.14. The molecule has 2 heterocycles. The first kappa shape index (κ1) is 12.6. The van der Waals surface area contributed by atoms with Gasteiger partial charge in [-0.3, -0.25) is 4.79 Å². The summed E-state index contributed by atoms with van der Waals surface area (Å²) in [5, 5.41) is 14.6. The Morgan fingerprint density at radius 2 is 2.00 bits per heavy atom. The number of amides is 1. The predicted octanol–water partition coefficient (Wildman–Crippen LogP) is 2.85. The number of fused-ring (bicyclic) bond motifs is 2. The second kappa shape index (κ2) is 4.43. The zero-order valence-corrected chi connectivity index (χ0v) is 12.6. The molecule has 1 saturated heterocycles. The summed E-state index contributed by atoms with van der Waals surface area (Å²) in [5.74, 6) is -0.150. The fraction of sp³-hybridized carbons (Fsp3) is 0.125. The molecule has 4 rings (SSSR count). The Morgan fingerprint density at radius 1 is 1.19 bits per heavy atom. The number of rotatable bonds is 0. The lowest BCUT2D eigenvalue weighted by Crippen LogP contribution is -2.25. The van der Waals surface area contributed by atoms with Crippen molar-refractivity contribution in [2.75, 3.05) is 5.32 Å². The molecular weight excluding hydrogens is 330 g/mol. The topological polar surface area (TPSA) is 65.0 Å². The molecule has 1 fully saturated rings. The summed E-state index contributed by atoms with van der Waals surface area (Å²) in [6.45, 7) is 0. The second-order valence-electron chi connectivity index (χ2n) is 5.27. The van der Waals surface area contributed by atoms with Gasteiger partial charge in [0.25, 0.3) is 5.91 Å². The van der Waals surface area contributed by atoms with Crippen molar-refractivity contribution in [3.63, 3.8) is 0 Å². The molecule has 0 radical (unpaired) electrons. The van der Waals surface area contributed by atoms with Crippen molar-refractivity contribution in [3.8, 4) is 0 Å². The van der Waals surface area contributed by atoms with E-state index in [0.29, 0.717) is 17.0 Å². The van der Waals surface area contributed by atoms with Gasteiger partial charge in [0.1, 0.15) is 0 Å². The normalized spacial score (nSPS) is 29.2. The highest BCUT2D eigenvalue weighted by Crippen LogP contribution is 2.38. The van der Waals surface area contributed by atoms with Gasteiger partial charge in [-0.15, -0.1) is 0 Å². The van der Waals surface area contributed by atoms with Gasteiger partial charge in [-0.1, -0.05) is 40.2 Å². The minimum absolute atomic E-state index is 0.00139. The van der Waals surface area contributed by atoms with Crippen molar-refractivity contribution in [1.29, 1.82) is 5.41 Å². The largest absolute Gasteiger partial charge is 0.376 e. The number of benzene rings is 1. The number of allylic oxidation sites excluding steroid dienone is 3. The highest BCUT2D eigenvalue weighted by molar-refractivity contribution is 9.10. The van der Waals surface area contributed by atoms with Crippen LogP contribution in [0.25, 0.3) is 5.57 Å². The van der Waals surface area contributed by atoms with Crippen LogP contribution in [0.2, 0.25) is 0 Å². The van der Waals surface area contributed by atoms with E-state index in [9.17, 15) is 4.79 Å². The summed E-state index contributed by atoms with van der Waals surface area (Å²) in [4.78, 5) is 12.3. The third-order valence-corrected chi connectivity index (χ3v) is 4.52. The lowest BCUT2D eigenvalue weighted by atomic mass is 9.93. The van der Waals surface area contributed by atoms with Gasteiger partial charge in [-0.2, -0.15) is 0 Å². The maximum absolute atomic E-state index is 12.3. The van der Waals surface area contributed by atoms with Gasteiger partial charge in [0, 0.05) is 21.6 Å². The summed E-state index contributed by atoms with van der Waals surface area (Å²) in [7, 11) is 0. The van der Waals surface area contributed by atoms with Crippen molar-refractivity contribution >= 4 is 38.8 Å². The summed E-state index contributed by atoms with van der Waals surface area (Å²) >= 11 is 3.44. The fourth-order valence-corrected chi connectivity index (χ4v) is 3.39. The van der Waals surface area contributed by atoms with E-state index < -0.39 is 0 Å². The van der Waals surface area contributed by atoms with Gasteiger partial charge in [0.05, 0.1) is 23.0 Å². The molecule has 0 aromatic heterocycles. The van der Waals surface area contributed by atoms with Gasteiger partial charge in [-0.05, 0) is 18.2 Å². The third kappa shape index (κ3) is 1.81. The fourth-order valence-electron chi connectivity index (χ4n) is 3.03. The van der Waals surface area contributed by atoms with Crippen LogP contribution in [0.4, 0.5) is 5.69 Å². The van der Waals surface area contributed by atoms with Crippen molar-refractivity contribution in [3.05, 3.63) is 58.2 Å². The van der Waals surface area contributed by atoms with E-state index in [0.717, 1.165) is 15.7 Å². The first-order valence-electron chi connectivity index (χ1n) is 6.71. The van der Waals surface area contributed by atoms with E-state index in [1.165, 1.54) is 0 Å². The predicted molar refractivity (Wildman–Crippen MR) is 86.1 cm³/mol. The molecule has 0 saturated carbocycles. The SMILES string of the molecule is N=C1/C(=C2/C(=O)Nc3ccc(Br)cc32)NC2C=CC=CC12. The molecular formula is C16H12BrN3O. The molecule has 3 N–H and O–H groups in total. The quantitative estimate of drug-likeness (QED) is 0.635. The van der Waals surface area contributed by atoms with Crippen LogP contribution in [0.15, 0.2) is 52.7 Å². The van der Waals surface area contributed by atoms with E-state index >= 15 is 0 Å². The van der Waals surface area contributed by atoms with Crippen molar-refractivity contribution < 1.29 is 4.79 Å².